The minimum absolute atomic E-state index is 0.0396. The predicted octanol–water partition coefficient (Wildman–Crippen LogP) is 5.39. The highest BCUT2D eigenvalue weighted by Crippen LogP contribution is 2.30. The summed E-state index contributed by atoms with van der Waals surface area (Å²) in [7, 11) is 1.45. The van der Waals surface area contributed by atoms with Crippen LogP contribution in [0.5, 0.6) is 5.75 Å². The van der Waals surface area contributed by atoms with Crippen LogP contribution in [0.4, 0.5) is 11.4 Å². The summed E-state index contributed by atoms with van der Waals surface area (Å²) in [5, 5.41) is 17.2. The highest BCUT2D eigenvalue weighted by molar-refractivity contribution is 6.34. The van der Waals surface area contributed by atoms with E-state index in [2.05, 4.69) is 41.7 Å². The first-order chi connectivity index (χ1) is 17.1. The summed E-state index contributed by atoms with van der Waals surface area (Å²) in [5.41, 5.74) is 2.58. The molecule has 0 aliphatic carbocycles. The number of methoxy groups -OCH3 is 1. The molecule has 0 heterocycles. The fourth-order valence-corrected chi connectivity index (χ4v) is 3.48. The number of benzene rings is 3. The zero-order chi connectivity index (χ0) is 26.3. The topological polar surface area (TPSA) is 116 Å². The first-order valence-electron chi connectivity index (χ1n) is 11.0. The Bertz CT molecular complexity index is 1340. The molecular weight excluding hydrogens is 478 g/mol. The number of hydrogen-bond donors (Lipinski definition) is 3. The van der Waals surface area contributed by atoms with Gasteiger partial charge in [-0.25, -0.2) is 4.99 Å². The predicted molar refractivity (Wildman–Crippen MR) is 141 cm³/mol. The Morgan fingerprint density at radius 2 is 1.69 bits per heavy atom. The van der Waals surface area contributed by atoms with Crippen molar-refractivity contribution in [1.29, 1.82) is 5.26 Å². The van der Waals surface area contributed by atoms with Crippen LogP contribution in [0.25, 0.3) is 0 Å². The van der Waals surface area contributed by atoms with Gasteiger partial charge in [0, 0.05) is 11.6 Å². The number of nitriles is 1. The van der Waals surface area contributed by atoms with Gasteiger partial charge in [-0.1, -0.05) is 56.6 Å². The molecular formula is C27H26ClN5O3. The average molecular weight is 504 g/mol. The summed E-state index contributed by atoms with van der Waals surface area (Å²) >= 11 is 6.11. The van der Waals surface area contributed by atoms with E-state index < -0.39 is 11.8 Å². The van der Waals surface area contributed by atoms with Gasteiger partial charge in [0.05, 0.1) is 29.1 Å². The molecule has 0 bridgehead atoms. The number of guanidine groups is 1. The molecule has 3 aromatic rings. The van der Waals surface area contributed by atoms with Crippen molar-refractivity contribution in [1.82, 2.24) is 10.6 Å². The van der Waals surface area contributed by atoms with Crippen LogP contribution in [-0.4, -0.2) is 24.9 Å². The zero-order valence-electron chi connectivity index (χ0n) is 20.3. The number of carbonyl (C=O) groups excluding carboxylic acids is 2. The molecule has 0 saturated carbocycles. The third-order valence-electron chi connectivity index (χ3n) is 5.21. The molecule has 8 nitrogen and oxygen atoms in total. The lowest BCUT2D eigenvalue weighted by molar-refractivity contribution is 0.0974. The van der Waals surface area contributed by atoms with Crippen molar-refractivity contribution in [2.24, 2.45) is 4.99 Å². The number of nitrogens with one attached hydrogen (secondary N) is 3. The maximum Gasteiger partial charge on any atom is 0.257 e. The average Bonchev–Trinajstić information content (AvgIpc) is 2.84. The van der Waals surface area contributed by atoms with Gasteiger partial charge < -0.3 is 10.1 Å². The summed E-state index contributed by atoms with van der Waals surface area (Å²) in [5.74, 6) is -0.548. The van der Waals surface area contributed by atoms with E-state index in [0.717, 1.165) is 5.56 Å². The van der Waals surface area contributed by atoms with E-state index in [1.807, 2.05) is 12.1 Å². The van der Waals surface area contributed by atoms with Crippen molar-refractivity contribution in [2.45, 2.75) is 26.2 Å². The fourth-order valence-electron chi connectivity index (χ4n) is 3.26. The van der Waals surface area contributed by atoms with Crippen LogP contribution < -0.4 is 20.7 Å². The summed E-state index contributed by atoms with van der Waals surface area (Å²) in [6, 6.07) is 18.7. The van der Waals surface area contributed by atoms with E-state index in [4.69, 9.17) is 21.6 Å². The van der Waals surface area contributed by atoms with E-state index in [0.29, 0.717) is 33.3 Å². The second kappa shape index (κ2) is 11.4. The Labute approximate surface area is 215 Å². The number of aliphatic imine (C=N–C) groups is 1. The quantitative estimate of drug-likeness (QED) is 0.187. The van der Waals surface area contributed by atoms with Crippen molar-refractivity contribution >= 4 is 40.7 Å². The Balaban J connectivity index is 1.80. The third kappa shape index (κ3) is 6.62. The van der Waals surface area contributed by atoms with E-state index in [-0.39, 0.29) is 11.4 Å². The van der Waals surface area contributed by atoms with Crippen molar-refractivity contribution < 1.29 is 14.3 Å². The van der Waals surface area contributed by atoms with Gasteiger partial charge in [-0.2, -0.15) is 5.26 Å². The number of amides is 2. The van der Waals surface area contributed by atoms with Crippen LogP contribution in [0.15, 0.2) is 71.7 Å². The van der Waals surface area contributed by atoms with Crippen molar-refractivity contribution in [3.63, 3.8) is 0 Å². The van der Waals surface area contributed by atoms with Gasteiger partial charge in [0.2, 0.25) is 5.96 Å². The smallest absolute Gasteiger partial charge is 0.257 e. The number of ether oxygens (including phenoxy) is 1. The van der Waals surface area contributed by atoms with Gasteiger partial charge in [0.15, 0.2) is 6.19 Å². The third-order valence-corrected chi connectivity index (χ3v) is 5.54. The second-order valence-electron chi connectivity index (χ2n) is 8.80. The van der Waals surface area contributed by atoms with E-state index >= 15 is 0 Å². The molecule has 0 saturated heterocycles. The molecule has 0 fully saturated rings. The number of rotatable bonds is 5. The minimum Gasteiger partial charge on any atom is -0.494 e. The second-order valence-corrected chi connectivity index (χ2v) is 9.20. The molecule has 36 heavy (non-hydrogen) atoms. The number of hydrogen-bond acceptors (Lipinski definition) is 5. The van der Waals surface area contributed by atoms with Crippen LogP contribution in [0.2, 0.25) is 5.02 Å². The Morgan fingerprint density at radius 1 is 1.00 bits per heavy atom. The van der Waals surface area contributed by atoms with Gasteiger partial charge in [-0.3, -0.25) is 20.2 Å². The maximum atomic E-state index is 12.7. The highest BCUT2D eigenvalue weighted by atomic mass is 35.5. The molecule has 0 aliphatic heterocycles. The van der Waals surface area contributed by atoms with Gasteiger partial charge in [0.1, 0.15) is 5.75 Å². The van der Waals surface area contributed by atoms with Gasteiger partial charge >= 0.3 is 0 Å². The molecule has 3 rings (SSSR count). The van der Waals surface area contributed by atoms with Crippen molar-refractivity contribution in [3.8, 4) is 11.9 Å². The number of nitrogens with zero attached hydrogens (tertiary/aromatic N) is 2. The van der Waals surface area contributed by atoms with Crippen LogP contribution in [-0.2, 0) is 5.41 Å². The normalized spacial score (nSPS) is 11.3. The molecule has 2 amide bonds. The fraction of sp³-hybridized carbons (Fsp3) is 0.185. The lowest BCUT2D eigenvalue weighted by Crippen LogP contribution is -2.38. The van der Waals surface area contributed by atoms with Crippen molar-refractivity contribution in [3.05, 3.63) is 88.4 Å². The molecule has 9 heteroatoms. The van der Waals surface area contributed by atoms with Gasteiger partial charge in [-0.05, 0) is 47.4 Å². The molecule has 3 aromatic carbocycles. The SMILES string of the molecule is COc1cc(N=C(NC#N)NC(=O)c2ccc(C(C)(C)C)cc2)ccc1NC(=O)c1ccccc1Cl. The molecule has 3 N–H and O–H groups in total. The Hall–Kier alpha value is -4.35. The monoisotopic (exact) mass is 503 g/mol. The highest BCUT2D eigenvalue weighted by Gasteiger charge is 2.16. The minimum atomic E-state index is -0.424. The summed E-state index contributed by atoms with van der Waals surface area (Å²) < 4.78 is 5.39. The van der Waals surface area contributed by atoms with Gasteiger partial charge in [-0.15, -0.1) is 0 Å². The summed E-state index contributed by atoms with van der Waals surface area (Å²) in [4.78, 5) is 29.6. The van der Waals surface area contributed by atoms with E-state index in [1.165, 1.54) is 7.11 Å². The Kier molecular flexibility index (Phi) is 8.30. The van der Waals surface area contributed by atoms with E-state index in [1.54, 1.807) is 60.8 Å². The standard InChI is InChI=1S/C27H26ClN5O3/c1-27(2,3)18-11-9-17(10-12-18)24(34)33-26(30-16-29)31-19-13-14-22(23(15-19)36-4)32-25(35)20-7-5-6-8-21(20)28/h5-15H,1-4H3,(H,32,35)(H2,30,31,33,34). The van der Waals surface area contributed by atoms with Gasteiger partial charge in [0.25, 0.3) is 11.8 Å². The largest absolute Gasteiger partial charge is 0.494 e. The number of halogens is 1. The molecule has 0 aliphatic rings. The van der Waals surface area contributed by atoms with Crippen LogP contribution in [0.3, 0.4) is 0 Å². The zero-order valence-corrected chi connectivity index (χ0v) is 21.1. The molecule has 0 radical (unpaired) electrons. The molecule has 0 aromatic heterocycles. The lowest BCUT2D eigenvalue weighted by Gasteiger charge is -2.19. The number of anilines is 1. The first-order valence-corrected chi connectivity index (χ1v) is 11.4. The Morgan fingerprint density at radius 3 is 2.31 bits per heavy atom. The maximum absolute atomic E-state index is 12.7. The molecule has 184 valence electrons. The summed E-state index contributed by atoms with van der Waals surface area (Å²) in [6.45, 7) is 6.27. The van der Waals surface area contributed by atoms with Crippen LogP contribution >= 0.6 is 11.6 Å². The number of carbonyl (C=O) groups is 2. The molecule has 0 spiro atoms. The van der Waals surface area contributed by atoms with E-state index in [9.17, 15) is 9.59 Å². The summed E-state index contributed by atoms with van der Waals surface area (Å²) in [6.07, 6.45) is 1.77. The van der Waals surface area contributed by atoms with Crippen LogP contribution in [0.1, 0.15) is 47.1 Å². The molecule has 0 unspecified atom stereocenters. The first kappa shape index (κ1) is 26.3. The van der Waals surface area contributed by atoms with Crippen molar-refractivity contribution in [2.75, 3.05) is 12.4 Å². The van der Waals surface area contributed by atoms with Crippen LogP contribution in [0, 0.1) is 11.5 Å². The lowest BCUT2D eigenvalue weighted by atomic mass is 9.87. The molecule has 0 atom stereocenters.